The standard InChI is InChI=1S/C28H46BrF3NO6PS/c1-6-11-25-13-14-27(18-36-28(30,31)32)24(5,17-29)22(34)10-12-26(27,7-2)21(25)15-19(33)20(41)16-23(25)39-40(35,37-8-3)38-9-4/h6,11,19,21-23,34H,7-10,12-18,33H2,1-5H3/b11-6+. The Hall–Kier alpha value is 0.0900. The maximum atomic E-state index is 13.8. The van der Waals surface area contributed by atoms with Crippen LogP contribution in [0.1, 0.15) is 79.6 Å². The number of allylic oxidation sites excluding steroid dienone is 1. The van der Waals surface area contributed by atoms with Gasteiger partial charge in [-0.2, -0.15) is 0 Å². The number of phosphoric ester groups is 1. The first-order valence-corrected chi connectivity index (χ1v) is 17.5. The summed E-state index contributed by atoms with van der Waals surface area (Å²) >= 11 is 9.36. The summed E-state index contributed by atoms with van der Waals surface area (Å²) in [5, 5.41) is 11.7. The molecule has 8 unspecified atom stereocenters. The van der Waals surface area contributed by atoms with E-state index in [4.69, 9.17) is 36.3 Å². The van der Waals surface area contributed by atoms with Crippen molar-refractivity contribution < 1.29 is 41.2 Å². The SMILES string of the molecule is C/C=C/C12CCC3(COC(F)(F)F)C(C)(CBr)C(O)CCC3(CC)C1CC(N)C(=S)CC2OP(=O)(OCC)OCC. The maximum absolute atomic E-state index is 13.8. The van der Waals surface area contributed by atoms with Crippen molar-refractivity contribution in [2.75, 3.05) is 25.2 Å². The van der Waals surface area contributed by atoms with Crippen molar-refractivity contribution >= 4 is 40.8 Å². The third-order valence-electron chi connectivity index (χ3n) is 10.5. The van der Waals surface area contributed by atoms with Crippen molar-refractivity contribution in [1.82, 2.24) is 0 Å². The lowest BCUT2D eigenvalue weighted by atomic mass is 9.33. The van der Waals surface area contributed by atoms with Gasteiger partial charge in [-0.3, -0.25) is 18.3 Å². The Morgan fingerprint density at radius 1 is 1.20 bits per heavy atom. The number of rotatable bonds is 11. The molecule has 0 heterocycles. The molecule has 3 N–H and O–H groups in total. The molecule has 0 radical (unpaired) electrons. The van der Waals surface area contributed by atoms with Gasteiger partial charge in [0, 0.05) is 38.9 Å². The minimum Gasteiger partial charge on any atom is -0.393 e. The summed E-state index contributed by atoms with van der Waals surface area (Å²) in [4.78, 5) is 0.551. The molecule has 3 aliphatic carbocycles. The van der Waals surface area contributed by atoms with E-state index >= 15 is 0 Å². The molecule has 13 heteroatoms. The highest BCUT2D eigenvalue weighted by Gasteiger charge is 2.73. The lowest BCUT2D eigenvalue weighted by molar-refractivity contribution is -0.361. The zero-order valence-corrected chi connectivity index (χ0v) is 28.0. The van der Waals surface area contributed by atoms with Gasteiger partial charge < -0.3 is 10.8 Å². The summed E-state index contributed by atoms with van der Waals surface area (Å²) in [6.07, 6.45) is 0.283. The third-order valence-corrected chi connectivity index (χ3v) is 13.8. The van der Waals surface area contributed by atoms with Gasteiger partial charge in [-0.05, 0) is 70.6 Å². The molecule has 41 heavy (non-hydrogen) atoms. The van der Waals surface area contributed by atoms with Crippen LogP contribution in [-0.2, 0) is 22.9 Å². The number of hydrogen-bond donors (Lipinski definition) is 2. The average Bonchev–Trinajstić information content (AvgIpc) is 3.00. The van der Waals surface area contributed by atoms with Crippen LogP contribution in [-0.4, -0.2) is 59.7 Å². The largest absolute Gasteiger partial charge is 0.522 e. The molecule has 0 aromatic heterocycles. The zero-order chi connectivity index (χ0) is 30.9. The summed E-state index contributed by atoms with van der Waals surface area (Å²) in [7, 11) is -4.00. The Morgan fingerprint density at radius 2 is 1.83 bits per heavy atom. The molecule has 0 spiro atoms. The van der Waals surface area contributed by atoms with E-state index in [1.165, 1.54) is 0 Å². The van der Waals surface area contributed by atoms with Crippen LogP contribution in [0.4, 0.5) is 13.2 Å². The molecule has 238 valence electrons. The molecule has 3 fully saturated rings. The van der Waals surface area contributed by atoms with E-state index in [9.17, 15) is 22.8 Å². The molecule has 0 aromatic rings. The Labute approximate surface area is 256 Å². The number of phosphoric acid groups is 1. The second kappa shape index (κ2) is 13.2. The normalized spacial score (nSPS) is 40.3. The first-order valence-electron chi connectivity index (χ1n) is 14.5. The minimum absolute atomic E-state index is 0.103. The number of halogens is 4. The zero-order valence-electron chi connectivity index (χ0n) is 24.7. The molecule has 7 nitrogen and oxygen atoms in total. The monoisotopic (exact) mass is 691 g/mol. The molecule has 3 aliphatic rings. The van der Waals surface area contributed by atoms with Crippen LogP contribution in [0.5, 0.6) is 0 Å². The number of aliphatic hydroxyl groups is 1. The van der Waals surface area contributed by atoms with Gasteiger partial charge in [-0.1, -0.05) is 54.1 Å². The van der Waals surface area contributed by atoms with Gasteiger partial charge in [-0.15, -0.1) is 13.2 Å². The van der Waals surface area contributed by atoms with Crippen LogP contribution >= 0.6 is 36.0 Å². The molecule has 0 aliphatic heterocycles. The van der Waals surface area contributed by atoms with Crippen LogP contribution in [0.25, 0.3) is 0 Å². The Morgan fingerprint density at radius 3 is 2.34 bits per heavy atom. The highest BCUT2D eigenvalue weighted by molar-refractivity contribution is 9.09. The van der Waals surface area contributed by atoms with E-state index in [1.807, 2.05) is 32.9 Å². The number of nitrogens with two attached hydrogens (primary N) is 1. The van der Waals surface area contributed by atoms with E-state index in [0.717, 1.165) is 0 Å². The predicted molar refractivity (Wildman–Crippen MR) is 160 cm³/mol. The highest BCUT2D eigenvalue weighted by atomic mass is 79.9. The number of aliphatic hydroxyl groups excluding tert-OH is 1. The smallest absolute Gasteiger partial charge is 0.393 e. The molecule has 0 saturated heterocycles. The van der Waals surface area contributed by atoms with Crippen LogP contribution in [0.3, 0.4) is 0 Å². The summed E-state index contributed by atoms with van der Waals surface area (Å²) in [6.45, 7) is 8.76. The second-order valence-electron chi connectivity index (χ2n) is 12.0. The van der Waals surface area contributed by atoms with Gasteiger partial charge in [0.25, 0.3) is 0 Å². The first-order chi connectivity index (χ1) is 19.1. The number of thiocarbonyl (C=S) groups is 1. The average molecular weight is 693 g/mol. The van der Waals surface area contributed by atoms with Crippen molar-refractivity contribution in [2.45, 2.75) is 104 Å². The van der Waals surface area contributed by atoms with Gasteiger partial charge in [0.1, 0.15) is 0 Å². The quantitative estimate of drug-likeness (QED) is 0.0995. The van der Waals surface area contributed by atoms with Gasteiger partial charge in [0.2, 0.25) is 0 Å². The Bertz CT molecular complexity index is 1010. The van der Waals surface area contributed by atoms with Crippen molar-refractivity contribution in [1.29, 1.82) is 0 Å². The van der Waals surface area contributed by atoms with E-state index in [-0.39, 0.29) is 25.6 Å². The van der Waals surface area contributed by atoms with Gasteiger partial charge in [0.15, 0.2) is 0 Å². The van der Waals surface area contributed by atoms with Gasteiger partial charge >= 0.3 is 14.2 Å². The first kappa shape index (κ1) is 35.6. The topological polar surface area (TPSA) is 100 Å². The second-order valence-corrected chi connectivity index (χ2v) is 14.7. The Balaban J connectivity index is 2.32. The van der Waals surface area contributed by atoms with Crippen molar-refractivity contribution in [3.63, 3.8) is 0 Å². The lowest BCUT2D eigenvalue weighted by Crippen LogP contribution is -2.71. The molecule has 8 atom stereocenters. The van der Waals surface area contributed by atoms with E-state index < -0.39 is 60.7 Å². The summed E-state index contributed by atoms with van der Waals surface area (Å²) in [6, 6.07) is -0.531. The van der Waals surface area contributed by atoms with Crippen molar-refractivity contribution in [2.24, 2.45) is 33.3 Å². The molecular weight excluding hydrogens is 646 g/mol. The highest BCUT2D eigenvalue weighted by Crippen LogP contribution is 2.75. The van der Waals surface area contributed by atoms with Crippen LogP contribution in [0.15, 0.2) is 12.2 Å². The van der Waals surface area contributed by atoms with E-state index in [1.54, 1.807) is 13.8 Å². The van der Waals surface area contributed by atoms with Crippen LogP contribution in [0.2, 0.25) is 0 Å². The number of alkyl halides is 4. The molecule has 3 saturated carbocycles. The fourth-order valence-electron chi connectivity index (χ4n) is 8.63. The summed E-state index contributed by atoms with van der Waals surface area (Å²) in [5.74, 6) is -0.329. The number of fused-ring (bicyclic) bond motifs is 3. The minimum atomic E-state index is -4.84. The van der Waals surface area contributed by atoms with E-state index in [0.29, 0.717) is 48.7 Å². The predicted octanol–water partition coefficient (Wildman–Crippen LogP) is 7.49. The fourth-order valence-corrected chi connectivity index (χ4v) is 11.2. The molecule has 3 rings (SSSR count). The van der Waals surface area contributed by atoms with Gasteiger partial charge in [0.05, 0.1) is 32.0 Å². The van der Waals surface area contributed by atoms with Crippen molar-refractivity contribution in [3.05, 3.63) is 12.2 Å². The van der Waals surface area contributed by atoms with E-state index in [2.05, 4.69) is 15.9 Å². The van der Waals surface area contributed by atoms with Crippen LogP contribution < -0.4 is 5.73 Å². The summed E-state index contributed by atoms with van der Waals surface area (Å²) in [5.41, 5.74) is 3.17. The number of ether oxygens (including phenoxy) is 1. The lowest BCUT2D eigenvalue weighted by Gasteiger charge is -2.72. The summed E-state index contributed by atoms with van der Waals surface area (Å²) < 4.78 is 77.0. The molecular formula is C28H46BrF3NO6PS. The Kier molecular flexibility index (Phi) is 11.5. The van der Waals surface area contributed by atoms with Crippen LogP contribution in [0, 0.1) is 27.6 Å². The number of hydrogen-bond acceptors (Lipinski definition) is 8. The van der Waals surface area contributed by atoms with Crippen molar-refractivity contribution in [3.8, 4) is 0 Å². The molecule has 0 bridgehead atoms. The van der Waals surface area contributed by atoms with Gasteiger partial charge in [-0.25, -0.2) is 4.57 Å². The third kappa shape index (κ3) is 6.17. The fraction of sp³-hybridized carbons (Fsp3) is 0.893. The maximum Gasteiger partial charge on any atom is 0.522 e. The molecule has 0 amide bonds. The molecule has 0 aromatic carbocycles.